The minimum absolute atomic E-state index is 0.0572. The molecule has 0 fully saturated rings. The number of ether oxygens (including phenoxy) is 2. The van der Waals surface area contributed by atoms with Crippen molar-refractivity contribution in [2.24, 2.45) is 5.92 Å². The van der Waals surface area contributed by atoms with Crippen LogP contribution >= 0.6 is 0 Å². The summed E-state index contributed by atoms with van der Waals surface area (Å²) in [5.74, 6) is 0.150. The lowest BCUT2D eigenvalue weighted by Gasteiger charge is -2.29. The lowest BCUT2D eigenvalue weighted by atomic mass is 9.94. The Balaban J connectivity index is 4.37. The van der Waals surface area contributed by atoms with E-state index in [4.69, 9.17) is 18.3 Å². The van der Waals surface area contributed by atoms with Gasteiger partial charge in [-0.3, -0.25) is 4.79 Å². The fourth-order valence-electron chi connectivity index (χ4n) is 7.73. The van der Waals surface area contributed by atoms with E-state index in [0.717, 1.165) is 116 Å². The molecule has 0 amide bonds. The van der Waals surface area contributed by atoms with Crippen molar-refractivity contribution >= 4 is 14.5 Å². The number of aliphatic hydroxyl groups excluding tert-OH is 1. The Morgan fingerprint density at radius 1 is 0.491 bits per heavy atom. The molecule has 7 nitrogen and oxygen atoms in total. The van der Waals surface area contributed by atoms with E-state index in [0.29, 0.717) is 6.61 Å². The molecule has 57 heavy (non-hydrogen) atoms. The lowest BCUT2D eigenvalue weighted by molar-refractivity contribution is -0.149. The third kappa shape index (κ3) is 39.4. The fourth-order valence-corrected chi connectivity index (χ4v) is 9.25. The van der Waals surface area contributed by atoms with Gasteiger partial charge in [-0.05, 0) is 90.4 Å². The van der Waals surface area contributed by atoms with Crippen LogP contribution < -0.4 is 0 Å². The second-order valence-electron chi connectivity index (χ2n) is 17.7. The molecule has 0 aromatic carbocycles. The van der Waals surface area contributed by atoms with Gasteiger partial charge in [0.15, 0.2) is 0 Å². The summed E-state index contributed by atoms with van der Waals surface area (Å²) in [6, 6.07) is 0. The third-order valence-corrected chi connectivity index (χ3v) is 13.2. The Bertz CT molecular complexity index is 817. The monoisotopic (exact) mass is 828 g/mol. The van der Waals surface area contributed by atoms with Gasteiger partial charge >= 0.3 is 14.5 Å². The van der Waals surface area contributed by atoms with Gasteiger partial charge in [-0.1, -0.05) is 175 Å². The molecule has 0 bridgehead atoms. The van der Waals surface area contributed by atoms with Crippen molar-refractivity contribution in [3.8, 4) is 0 Å². The van der Waals surface area contributed by atoms with Crippen LogP contribution in [0.15, 0.2) is 0 Å². The highest BCUT2D eigenvalue weighted by Gasteiger charge is 2.29. The molecule has 0 radical (unpaired) electrons. The summed E-state index contributed by atoms with van der Waals surface area (Å²) in [6.45, 7) is 18.9. The van der Waals surface area contributed by atoms with Crippen LogP contribution in [-0.2, 0) is 23.1 Å². The maximum Gasteiger partial charge on any atom is 0.333 e. The summed E-state index contributed by atoms with van der Waals surface area (Å²) in [7, 11) is -2.27. The van der Waals surface area contributed by atoms with Gasteiger partial charge in [-0.15, -0.1) is 0 Å². The SMILES string of the molecule is CCCCCCCCOC(CCCCCCC)O[Si](C)(C)OCCCCCCN(CCCO)CCCCCCOC(=O)C(CCCCCC)CCCCCCCC. The van der Waals surface area contributed by atoms with Crippen molar-refractivity contribution in [3.05, 3.63) is 0 Å². The first-order chi connectivity index (χ1) is 27.8. The molecule has 0 aromatic rings. The van der Waals surface area contributed by atoms with Gasteiger partial charge < -0.3 is 28.3 Å². The Kier molecular flexibility index (Phi) is 43.2. The number of rotatable bonds is 47. The maximum atomic E-state index is 13.0. The van der Waals surface area contributed by atoms with Crippen molar-refractivity contribution in [2.75, 3.05) is 46.1 Å². The number of hydrogen-bond acceptors (Lipinski definition) is 7. The van der Waals surface area contributed by atoms with Gasteiger partial charge in [0.2, 0.25) is 0 Å². The molecule has 1 N–H and O–H groups in total. The van der Waals surface area contributed by atoms with Crippen molar-refractivity contribution in [3.63, 3.8) is 0 Å². The normalized spacial score (nSPS) is 13.1. The van der Waals surface area contributed by atoms with Crippen molar-refractivity contribution < 1.29 is 28.2 Å². The first-order valence-corrected chi connectivity index (χ1v) is 28.1. The second-order valence-corrected chi connectivity index (χ2v) is 21.0. The summed E-state index contributed by atoms with van der Waals surface area (Å²) in [5.41, 5.74) is 0. The molecule has 0 saturated carbocycles. The average Bonchev–Trinajstić information content (AvgIpc) is 3.20. The van der Waals surface area contributed by atoms with Crippen LogP contribution in [0.1, 0.15) is 240 Å². The zero-order chi connectivity index (χ0) is 41.9. The van der Waals surface area contributed by atoms with Gasteiger partial charge in [-0.25, -0.2) is 0 Å². The number of hydrogen-bond donors (Lipinski definition) is 1. The Labute approximate surface area is 357 Å². The number of carbonyl (C=O) groups is 1. The van der Waals surface area contributed by atoms with Crippen LogP contribution in [0.2, 0.25) is 13.1 Å². The highest BCUT2D eigenvalue weighted by Crippen LogP contribution is 2.22. The molecule has 0 aliphatic rings. The molecule has 342 valence electrons. The summed E-state index contributed by atoms with van der Waals surface area (Å²) >= 11 is 0. The van der Waals surface area contributed by atoms with E-state index < -0.39 is 8.56 Å². The maximum absolute atomic E-state index is 13.0. The lowest BCUT2D eigenvalue weighted by Crippen LogP contribution is -2.40. The van der Waals surface area contributed by atoms with Crippen LogP contribution in [0, 0.1) is 5.92 Å². The van der Waals surface area contributed by atoms with Gasteiger partial charge in [0.25, 0.3) is 0 Å². The molecule has 0 saturated heterocycles. The fraction of sp³-hybridized carbons (Fsp3) is 0.980. The number of unbranched alkanes of at least 4 members (excludes halogenated alkanes) is 23. The minimum Gasteiger partial charge on any atom is -0.465 e. The third-order valence-electron chi connectivity index (χ3n) is 11.5. The van der Waals surface area contributed by atoms with E-state index in [-0.39, 0.29) is 24.8 Å². The molecule has 0 heterocycles. The second kappa shape index (κ2) is 43.6. The number of aliphatic hydroxyl groups is 1. The molecule has 0 rings (SSSR count). The van der Waals surface area contributed by atoms with Crippen LogP contribution in [0.25, 0.3) is 0 Å². The van der Waals surface area contributed by atoms with Crippen LogP contribution in [0.4, 0.5) is 0 Å². The average molecular weight is 828 g/mol. The van der Waals surface area contributed by atoms with Gasteiger partial charge in [-0.2, -0.15) is 0 Å². The number of esters is 1. The van der Waals surface area contributed by atoms with Crippen LogP contribution in [0.5, 0.6) is 0 Å². The largest absolute Gasteiger partial charge is 0.465 e. The Morgan fingerprint density at radius 3 is 1.42 bits per heavy atom. The molecule has 2 atom stereocenters. The molecule has 2 unspecified atom stereocenters. The first kappa shape index (κ1) is 56.5. The molecule has 0 spiro atoms. The smallest absolute Gasteiger partial charge is 0.333 e. The van der Waals surface area contributed by atoms with E-state index in [9.17, 15) is 9.90 Å². The number of nitrogens with zero attached hydrogens (tertiary/aromatic N) is 1. The Hall–Kier alpha value is -0.513. The zero-order valence-corrected chi connectivity index (χ0v) is 40.4. The van der Waals surface area contributed by atoms with E-state index in [2.05, 4.69) is 45.7 Å². The molecule has 0 aliphatic carbocycles. The van der Waals surface area contributed by atoms with E-state index in [1.807, 2.05) is 0 Å². The molecule has 0 aromatic heterocycles. The van der Waals surface area contributed by atoms with E-state index in [1.165, 1.54) is 128 Å². The first-order valence-electron chi connectivity index (χ1n) is 25.3. The van der Waals surface area contributed by atoms with Crippen molar-refractivity contribution in [1.82, 2.24) is 4.90 Å². The van der Waals surface area contributed by atoms with Crippen LogP contribution in [0.3, 0.4) is 0 Å². The molecular formula is C49H101NO6Si. The van der Waals surface area contributed by atoms with Gasteiger partial charge in [0, 0.05) is 26.4 Å². The summed E-state index contributed by atoms with van der Waals surface area (Å²) in [4.78, 5) is 15.5. The predicted molar refractivity (Wildman–Crippen MR) is 247 cm³/mol. The highest BCUT2D eigenvalue weighted by molar-refractivity contribution is 6.64. The van der Waals surface area contributed by atoms with Gasteiger partial charge in [0.1, 0.15) is 6.29 Å². The van der Waals surface area contributed by atoms with E-state index in [1.54, 1.807) is 0 Å². The molecular weight excluding hydrogens is 727 g/mol. The summed E-state index contributed by atoms with van der Waals surface area (Å²) < 4.78 is 25.1. The van der Waals surface area contributed by atoms with Gasteiger partial charge in [0.05, 0.1) is 12.5 Å². The highest BCUT2D eigenvalue weighted by atomic mass is 28.4. The quantitative estimate of drug-likeness (QED) is 0.0283. The molecule has 0 aliphatic heterocycles. The van der Waals surface area contributed by atoms with Crippen molar-refractivity contribution in [2.45, 2.75) is 259 Å². The zero-order valence-electron chi connectivity index (χ0n) is 39.4. The molecule has 8 heteroatoms. The summed E-state index contributed by atoms with van der Waals surface area (Å²) in [6.07, 6.45) is 39.1. The van der Waals surface area contributed by atoms with Crippen molar-refractivity contribution in [1.29, 1.82) is 0 Å². The van der Waals surface area contributed by atoms with E-state index >= 15 is 0 Å². The number of carbonyl (C=O) groups excluding carboxylic acids is 1. The topological polar surface area (TPSA) is 77.5 Å². The Morgan fingerprint density at radius 2 is 0.895 bits per heavy atom. The summed E-state index contributed by atoms with van der Waals surface area (Å²) in [5, 5.41) is 9.49. The van der Waals surface area contributed by atoms with Crippen LogP contribution in [-0.4, -0.2) is 76.9 Å². The minimum atomic E-state index is -2.27. The predicted octanol–water partition coefficient (Wildman–Crippen LogP) is 14.5. The standard InChI is InChI=1S/C49H101NO6Si/c1-7-11-15-19-22-29-38-47(37-28-18-14-10-4)49(52)54-45-34-26-23-31-40-50(42-36-43-51)41-32-24-27-35-46-55-57(5,6)56-48(39-30-21-17-13-9-3)53-44-33-25-20-16-12-8-2/h47-48,51H,7-46H2,1-6H3.